The van der Waals surface area contributed by atoms with Gasteiger partial charge in [0.2, 0.25) is 0 Å². The van der Waals surface area contributed by atoms with Crippen molar-refractivity contribution in [2.45, 2.75) is 0 Å². The lowest BCUT2D eigenvalue weighted by Crippen LogP contribution is -2.44. The lowest BCUT2D eigenvalue weighted by Gasteiger charge is -2.29. The number of carbonyl (C=O) groups excluding carboxylic acids is 1. The molecule has 1 aromatic heterocycles. The summed E-state index contributed by atoms with van der Waals surface area (Å²) in [6.07, 6.45) is 0. The molecule has 7 nitrogen and oxygen atoms in total. The molecule has 1 aliphatic heterocycles. The standard InChI is InChI=1S/C22H24ClN3O4S.ClH/c1-28-17-3-2-4-18(14-17)30-15-21(27)26(8-7-25-9-11-29-12-10-25)22-24-19-6-5-16(23)13-20(19)31-22;/h2-6,13-14H,7-12,15H2,1H3;1H. The van der Waals surface area contributed by atoms with Gasteiger partial charge in [0, 0.05) is 37.3 Å². The number of fused-ring (bicyclic) bond motifs is 1. The Balaban J connectivity index is 0.00000289. The van der Waals surface area contributed by atoms with E-state index in [2.05, 4.69) is 9.88 Å². The maximum Gasteiger partial charge on any atom is 0.266 e. The quantitative estimate of drug-likeness (QED) is 0.466. The van der Waals surface area contributed by atoms with Gasteiger partial charge in [0.15, 0.2) is 11.7 Å². The predicted octanol–water partition coefficient (Wildman–Crippen LogP) is 4.12. The molecule has 172 valence electrons. The zero-order valence-corrected chi connectivity index (χ0v) is 20.0. The Kier molecular flexibility index (Phi) is 8.95. The molecule has 32 heavy (non-hydrogen) atoms. The number of carbonyl (C=O) groups is 1. The number of halogens is 2. The first kappa shape index (κ1) is 24.5. The SMILES string of the molecule is COc1cccc(OCC(=O)N(CCN2CCOCC2)c2nc3ccc(Cl)cc3s2)c1.Cl. The molecule has 0 aliphatic carbocycles. The molecule has 2 heterocycles. The zero-order valence-electron chi connectivity index (χ0n) is 17.7. The van der Waals surface area contributed by atoms with Gasteiger partial charge in [0.25, 0.3) is 5.91 Å². The second-order valence-corrected chi connectivity index (χ2v) is 8.52. The number of aromatic nitrogens is 1. The predicted molar refractivity (Wildman–Crippen MR) is 130 cm³/mol. The van der Waals surface area contributed by atoms with Crippen molar-refractivity contribution in [1.82, 2.24) is 9.88 Å². The van der Waals surface area contributed by atoms with Crippen LogP contribution in [0.2, 0.25) is 5.02 Å². The molecule has 4 rings (SSSR count). The van der Waals surface area contributed by atoms with E-state index >= 15 is 0 Å². The Morgan fingerprint density at radius 1 is 1.22 bits per heavy atom. The van der Waals surface area contributed by atoms with Crippen LogP contribution in [-0.4, -0.2) is 68.9 Å². The number of anilines is 1. The Labute approximate surface area is 202 Å². The number of nitrogens with zero attached hydrogens (tertiary/aromatic N) is 3. The van der Waals surface area contributed by atoms with Gasteiger partial charge >= 0.3 is 0 Å². The highest BCUT2D eigenvalue weighted by atomic mass is 35.5. The van der Waals surface area contributed by atoms with Crippen LogP contribution < -0.4 is 14.4 Å². The van der Waals surface area contributed by atoms with Crippen molar-refractivity contribution in [2.75, 3.05) is 58.0 Å². The van der Waals surface area contributed by atoms with Gasteiger partial charge in [-0.15, -0.1) is 12.4 Å². The largest absolute Gasteiger partial charge is 0.497 e. The molecule has 1 fully saturated rings. The summed E-state index contributed by atoms with van der Waals surface area (Å²) in [6.45, 7) is 4.32. The van der Waals surface area contributed by atoms with Crippen LogP contribution in [0.1, 0.15) is 0 Å². The summed E-state index contributed by atoms with van der Waals surface area (Å²) in [5.74, 6) is 1.11. The van der Waals surface area contributed by atoms with Crippen molar-refractivity contribution in [3.8, 4) is 11.5 Å². The topological polar surface area (TPSA) is 64.1 Å². The number of amides is 1. The van der Waals surface area contributed by atoms with Crippen LogP contribution in [0.15, 0.2) is 42.5 Å². The van der Waals surface area contributed by atoms with Gasteiger partial charge in [0.05, 0.1) is 30.5 Å². The minimum Gasteiger partial charge on any atom is -0.497 e. The first-order valence-corrected chi connectivity index (χ1v) is 11.3. The Bertz CT molecular complexity index is 1040. The molecule has 1 amide bonds. The molecule has 2 aromatic carbocycles. The van der Waals surface area contributed by atoms with Crippen molar-refractivity contribution in [3.05, 3.63) is 47.5 Å². The summed E-state index contributed by atoms with van der Waals surface area (Å²) in [7, 11) is 1.59. The normalized spacial score (nSPS) is 14.1. The third-order valence-corrected chi connectivity index (χ3v) is 6.29. The molecule has 1 aliphatic rings. The van der Waals surface area contributed by atoms with E-state index in [0.29, 0.717) is 41.4 Å². The number of ether oxygens (including phenoxy) is 3. The summed E-state index contributed by atoms with van der Waals surface area (Å²) in [5.41, 5.74) is 0.822. The summed E-state index contributed by atoms with van der Waals surface area (Å²) in [4.78, 5) is 21.8. The fourth-order valence-electron chi connectivity index (χ4n) is 3.31. The maximum absolute atomic E-state index is 13.2. The number of hydrogen-bond acceptors (Lipinski definition) is 7. The third kappa shape index (κ3) is 6.24. The first-order chi connectivity index (χ1) is 15.1. The highest BCUT2D eigenvalue weighted by molar-refractivity contribution is 7.22. The van der Waals surface area contributed by atoms with Crippen molar-refractivity contribution in [3.63, 3.8) is 0 Å². The van der Waals surface area contributed by atoms with Crippen molar-refractivity contribution < 1.29 is 19.0 Å². The lowest BCUT2D eigenvalue weighted by molar-refractivity contribution is -0.120. The molecule has 0 spiro atoms. The van der Waals surface area contributed by atoms with Crippen LogP contribution in [0, 0.1) is 0 Å². The van der Waals surface area contributed by atoms with E-state index in [0.717, 1.165) is 29.9 Å². The van der Waals surface area contributed by atoms with Gasteiger partial charge in [0.1, 0.15) is 11.5 Å². The van der Waals surface area contributed by atoms with Gasteiger partial charge in [-0.05, 0) is 30.3 Å². The van der Waals surface area contributed by atoms with Crippen LogP contribution in [-0.2, 0) is 9.53 Å². The van der Waals surface area contributed by atoms with Crippen LogP contribution >= 0.6 is 35.3 Å². The molecular weight excluding hydrogens is 473 g/mol. The maximum atomic E-state index is 13.2. The van der Waals surface area contributed by atoms with Crippen molar-refractivity contribution in [2.24, 2.45) is 0 Å². The Morgan fingerprint density at radius 2 is 2.00 bits per heavy atom. The van der Waals surface area contributed by atoms with Gasteiger partial charge < -0.3 is 14.2 Å². The average molecular weight is 498 g/mol. The van der Waals surface area contributed by atoms with Crippen molar-refractivity contribution in [1.29, 1.82) is 0 Å². The van der Waals surface area contributed by atoms with Gasteiger partial charge in [-0.3, -0.25) is 14.6 Å². The highest BCUT2D eigenvalue weighted by Crippen LogP contribution is 2.31. The van der Waals surface area contributed by atoms with E-state index in [1.54, 1.807) is 30.2 Å². The van der Waals surface area contributed by atoms with E-state index < -0.39 is 0 Å². The second-order valence-electron chi connectivity index (χ2n) is 7.08. The average Bonchev–Trinajstić information content (AvgIpc) is 3.21. The minimum atomic E-state index is -0.152. The summed E-state index contributed by atoms with van der Waals surface area (Å²) in [5, 5.41) is 1.29. The minimum absolute atomic E-state index is 0. The van der Waals surface area contributed by atoms with E-state index in [4.69, 9.17) is 25.8 Å². The molecule has 0 bridgehead atoms. The third-order valence-electron chi connectivity index (χ3n) is 5.02. The van der Waals surface area contributed by atoms with Gasteiger partial charge in [-0.2, -0.15) is 0 Å². The van der Waals surface area contributed by atoms with Crippen LogP contribution in [0.3, 0.4) is 0 Å². The fraction of sp³-hybridized carbons (Fsp3) is 0.364. The number of benzene rings is 2. The first-order valence-electron chi connectivity index (χ1n) is 10.1. The van der Waals surface area contributed by atoms with Crippen LogP contribution in [0.4, 0.5) is 5.13 Å². The Morgan fingerprint density at radius 3 is 2.78 bits per heavy atom. The lowest BCUT2D eigenvalue weighted by atomic mass is 10.3. The van der Waals surface area contributed by atoms with Gasteiger partial charge in [-0.1, -0.05) is 29.0 Å². The molecule has 1 saturated heterocycles. The number of thiazole rings is 1. The number of hydrogen-bond donors (Lipinski definition) is 0. The van der Waals surface area contributed by atoms with E-state index in [9.17, 15) is 4.79 Å². The van der Waals surface area contributed by atoms with Crippen LogP contribution in [0.25, 0.3) is 10.2 Å². The molecular formula is C22H25Cl2N3O4S. The molecule has 0 N–H and O–H groups in total. The molecule has 0 saturated carbocycles. The Hall–Kier alpha value is -2.10. The van der Waals surface area contributed by atoms with E-state index in [-0.39, 0.29) is 24.9 Å². The smallest absolute Gasteiger partial charge is 0.266 e. The second kappa shape index (κ2) is 11.7. The number of morpholine rings is 1. The fourth-order valence-corrected chi connectivity index (χ4v) is 4.59. The monoisotopic (exact) mass is 497 g/mol. The van der Waals surface area contributed by atoms with E-state index in [1.807, 2.05) is 24.3 Å². The summed E-state index contributed by atoms with van der Waals surface area (Å²) in [6, 6.07) is 12.8. The highest BCUT2D eigenvalue weighted by Gasteiger charge is 2.22. The van der Waals surface area contributed by atoms with Crippen molar-refractivity contribution >= 4 is 56.6 Å². The molecule has 10 heteroatoms. The molecule has 0 radical (unpaired) electrons. The number of rotatable bonds is 8. The number of methoxy groups -OCH3 is 1. The van der Waals surface area contributed by atoms with Gasteiger partial charge in [-0.25, -0.2) is 4.98 Å². The van der Waals surface area contributed by atoms with Crippen LogP contribution in [0.5, 0.6) is 11.5 Å². The van der Waals surface area contributed by atoms with E-state index in [1.165, 1.54) is 11.3 Å². The summed E-state index contributed by atoms with van der Waals surface area (Å²) >= 11 is 7.58. The zero-order chi connectivity index (χ0) is 21.6. The molecule has 3 aromatic rings. The molecule has 0 unspecified atom stereocenters. The molecule has 0 atom stereocenters. The summed E-state index contributed by atoms with van der Waals surface area (Å²) < 4.78 is 17.3.